The van der Waals surface area contributed by atoms with Crippen LogP contribution in [0.2, 0.25) is 0 Å². The Morgan fingerprint density at radius 1 is 1.32 bits per heavy atom. The average Bonchev–Trinajstić information content (AvgIpc) is 2.35. The lowest BCUT2D eigenvalue weighted by atomic mass is 10.1. The first kappa shape index (κ1) is 15.7. The third-order valence-electron chi connectivity index (χ3n) is 2.97. The number of hydrogen-bond donors (Lipinski definition) is 2. The molecule has 0 radical (unpaired) electrons. The minimum atomic E-state index is -3.66. The fourth-order valence-electron chi connectivity index (χ4n) is 1.53. The molecule has 1 unspecified atom stereocenters. The summed E-state index contributed by atoms with van der Waals surface area (Å²) in [6, 6.07) is 6.16. The van der Waals surface area contributed by atoms with Crippen LogP contribution < -0.4 is 10.5 Å². The van der Waals surface area contributed by atoms with Gasteiger partial charge in [-0.05, 0) is 23.6 Å². The summed E-state index contributed by atoms with van der Waals surface area (Å²) in [6.45, 7) is 4.46. The van der Waals surface area contributed by atoms with Crippen LogP contribution in [0.5, 0.6) is 0 Å². The van der Waals surface area contributed by atoms with Crippen molar-refractivity contribution in [1.29, 1.82) is 0 Å². The fraction of sp³-hybridized carbons (Fsp3) is 0.462. The van der Waals surface area contributed by atoms with Crippen molar-refractivity contribution < 1.29 is 13.2 Å². The van der Waals surface area contributed by atoms with Crippen LogP contribution in [-0.2, 0) is 21.4 Å². The maximum Gasteiger partial charge on any atom is 0.238 e. The van der Waals surface area contributed by atoms with Crippen LogP contribution in [0.3, 0.4) is 0 Å². The lowest BCUT2D eigenvalue weighted by Crippen LogP contribution is -2.24. The second kappa shape index (κ2) is 6.68. The van der Waals surface area contributed by atoms with Crippen LogP contribution in [0.1, 0.15) is 32.3 Å². The fourth-order valence-corrected chi connectivity index (χ4v) is 2.05. The molecule has 1 aromatic carbocycles. The van der Waals surface area contributed by atoms with E-state index in [4.69, 9.17) is 5.14 Å². The largest absolute Gasteiger partial charge is 0.352 e. The number of rotatable bonds is 6. The zero-order chi connectivity index (χ0) is 14.5. The lowest BCUT2D eigenvalue weighted by molar-refractivity contribution is -0.122. The monoisotopic (exact) mass is 284 g/mol. The molecule has 6 heteroatoms. The van der Waals surface area contributed by atoms with Gasteiger partial charge in [0.2, 0.25) is 15.9 Å². The SMILES string of the molecule is CCC(C)CC(=O)NCc1ccc(S(N)(=O)=O)cc1. The highest BCUT2D eigenvalue weighted by Gasteiger charge is 2.08. The van der Waals surface area contributed by atoms with Gasteiger partial charge in [-0.2, -0.15) is 0 Å². The van der Waals surface area contributed by atoms with Crippen molar-refractivity contribution in [3.05, 3.63) is 29.8 Å². The van der Waals surface area contributed by atoms with Gasteiger partial charge < -0.3 is 5.32 Å². The van der Waals surface area contributed by atoms with E-state index in [1.165, 1.54) is 12.1 Å². The summed E-state index contributed by atoms with van der Waals surface area (Å²) in [6.07, 6.45) is 1.47. The number of sulfonamides is 1. The molecular formula is C13H20N2O3S. The van der Waals surface area contributed by atoms with Gasteiger partial charge in [-0.3, -0.25) is 4.79 Å². The van der Waals surface area contributed by atoms with Crippen molar-refractivity contribution in [2.45, 2.75) is 38.1 Å². The molecule has 0 aliphatic heterocycles. The predicted molar refractivity (Wildman–Crippen MR) is 73.7 cm³/mol. The van der Waals surface area contributed by atoms with Crippen molar-refractivity contribution in [3.63, 3.8) is 0 Å². The number of carbonyl (C=O) groups is 1. The molecule has 1 amide bonds. The minimum Gasteiger partial charge on any atom is -0.352 e. The number of nitrogens with two attached hydrogens (primary N) is 1. The van der Waals surface area contributed by atoms with Gasteiger partial charge >= 0.3 is 0 Å². The first-order chi connectivity index (χ1) is 8.82. The Kier molecular flexibility index (Phi) is 5.50. The Bertz CT molecular complexity index is 523. The highest BCUT2D eigenvalue weighted by molar-refractivity contribution is 7.89. The summed E-state index contributed by atoms with van der Waals surface area (Å²) in [4.78, 5) is 11.7. The van der Waals surface area contributed by atoms with Gasteiger partial charge in [-0.25, -0.2) is 13.6 Å². The molecule has 5 nitrogen and oxygen atoms in total. The molecule has 0 aliphatic rings. The first-order valence-electron chi connectivity index (χ1n) is 6.21. The first-order valence-corrected chi connectivity index (χ1v) is 7.76. The predicted octanol–water partition coefficient (Wildman–Crippen LogP) is 1.39. The number of carbonyl (C=O) groups excluding carboxylic acids is 1. The van der Waals surface area contributed by atoms with Gasteiger partial charge in [0.15, 0.2) is 0 Å². The molecule has 0 aromatic heterocycles. The number of hydrogen-bond acceptors (Lipinski definition) is 3. The van der Waals surface area contributed by atoms with Crippen molar-refractivity contribution >= 4 is 15.9 Å². The number of primary sulfonamides is 1. The third kappa shape index (κ3) is 5.40. The summed E-state index contributed by atoms with van der Waals surface area (Å²) >= 11 is 0. The van der Waals surface area contributed by atoms with Crippen LogP contribution in [0.25, 0.3) is 0 Å². The quantitative estimate of drug-likeness (QED) is 0.827. The van der Waals surface area contributed by atoms with Crippen LogP contribution in [0, 0.1) is 5.92 Å². The lowest BCUT2D eigenvalue weighted by Gasteiger charge is -2.09. The zero-order valence-corrected chi connectivity index (χ0v) is 12.0. The van der Waals surface area contributed by atoms with E-state index < -0.39 is 10.0 Å². The highest BCUT2D eigenvalue weighted by Crippen LogP contribution is 2.09. The molecule has 0 spiro atoms. The molecule has 0 saturated heterocycles. The van der Waals surface area contributed by atoms with Gasteiger partial charge in [0.1, 0.15) is 0 Å². The summed E-state index contributed by atoms with van der Waals surface area (Å²) in [5.41, 5.74) is 0.838. The number of nitrogens with one attached hydrogen (secondary N) is 1. The Balaban J connectivity index is 2.53. The van der Waals surface area contributed by atoms with Gasteiger partial charge in [-0.1, -0.05) is 32.4 Å². The second-order valence-electron chi connectivity index (χ2n) is 4.68. The number of benzene rings is 1. The minimum absolute atomic E-state index is 0.00451. The topological polar surface area (TPSA) is 89.3 Å². The van der Waals surface area contributed by atoms with Gasteiger partial charge in [0, 0.05) is 13.0 Å². The average molecular weight is 284 g/mol. The van der Waals surface area contributed by atoms with E-state index in [-0.39, 0.29) is 10.8 Å². The van der Waals surface area contributed by atoms with Gasteiger partial charge in [-0.15, -0.1) is 0 Å². The summed E-state index contributed by atoms with van der Waals surface area (Å²) < 4.78 is 22.1. The van der Waals surface area contributed by atoms with Crippen LogP contribution in [0.15, 0.2) is 29.2 Å². The van der Waals surface area contributed by atoms with E-state index in [1.54, 1.807) is 12.1 Å². The molecule has 0 heterocycles. The highest BCUT2D eigenvalue weighted by atomic mass is 32.2. The van der Waals surface area contributed by atoms with Crippen molar-refractivity contribution in [3.8, 4) is 0 Å². The van der Waals surface area contributed by atoms with Crippen LogP contribution >= 0.6 is 0 Å². The molecule has 0 aliphatic carbocycles. The van der Waals surface area contributed by atoms with E-state index in [1.807, 2.05) is 13.8 Å². The summed E-state index contributed by atoms with van der Waals surface area (Å²) in [7, 11) is -3.66. The molecule has 0 saturated carbocycles. The Morgan fingerprint density at radius 2 is 1.89 bits per heavy atom. The Hall–Kier alpha value is -1.40. The van der Waals surface area contributed by atoms with E-state index in [2.05, 4.69) is 5.32 Å². The van der Waals surface area contributed by atoms with Crippen molar-refractivity contribution in [2.24, 2.45) is 11.1 Å². The van der Waals surface area contributed by atoms with Crippen molar-refractivity contribution in [2.75, 3.05) is 0 Å². The van der Waals surface area contributed by atoms with E-state index in [9.17, 15) is 13.2 Å². The van der Waals surface area contributed by atoms with Crippen LogP contribution in [-0.4, -0.2) is 14.3 Å². The molecule has 106 valence electrons. The molecule has 0 bridgehead atoms. The molecule has 1 aromatic rings. The molecule has 1 atom stereocenters. The summed E-state index contributed by atoms with van der Waals surface area (Å²) in [5, 5.41) is 7.80. The smallest absolute Gasteiger partial charge is 0.238 e. The van der Waals surface area contributed by atoms with E-state index in [0.29, 0.717) is 18.9 Å². The van der Waals surface area contributed by atoms with Crippen molar-refractivity contribution in [1.82, 2.24) is 5.32 Å². The number of amides is 1. The standard InChI is InChI=1S/C13H20N2O3S/c1-3-10(2)8-13(16)15-9-11-4-6-12(7-5-11)19(14,17)18/h4-7,10H,3,8-9H2,1-2H3,(H,15,16)(H2,14,17,18). The van der Waals surface area contributed by atoms with E-state index >= 15 is 0 Å². The molecule has 19 heavy (non-hydrogen) atoms. The molecular weight excluding hydrogens is 264 g/mol. The third-order valence-corrected chi connectivity index (χ3v) is 3.90. The van der Waals surface area contributed by atoms with E-state index in [0.717, 1.165) is 12.0 Å². The molecule has 0 fully saturated rings. The van der Waals surface area contributed by atoms with Gasteiger partial charge in [0.05, 0.1) is 4.90 Å². The van der Waals surface area contributed by atoms with Crippen LogP contribution in [0.4, 0.5) is 0 Å². The second-order valence-corrected chi connectivity index (χ2v) is 6.24. The molecule has 3 N–H and O–H groups in total. The zero-order valence-electron chi connectivity index (χ0n) is 11.2. The molecule has 1 rings (SSSR count). The maximum atomic E-state index is 11.6. The summed E-state index contributed by atoms with van der Waals surface area (Å²) in [5.74, 6) is 0.370. The normalized spacial score (nSPS) is 13.0. The Labute approximate surface area is 114 Å². The Morgan fingerprint density at radius 3 is 2.37 bits per heavy atom. The van der Waals surface area contributed by atoms with Gasteiger partial charge in [0.25, 0.3) is 0 Å². The maximum absolute atomic E-state index is 11.6.